The van der Waals surface area contributed by atoms with Gasteiger partial charge >= 0.3 is 0 Å². The van der Waals surface area contributed by atoms with Crippen LogP contribution >= 0.6 is 11.8 Å². The molecule has 5 heteroatoms. The molecule has 1 aliphatic carbocycles. The van der Waals surface area contributed by atoms with Gasteiger partial charge in [0.2, 0.25) is 5.91 Å². The van der Waals surface area contributed by atoms with Crippen molar-refractivity contribution in [3.05, 3.63) is 23.9 Å². The van der Waals surface area contributed by atoms with E-state index in [2.05, 4.69) is 23.3 Å². The molecule has 1 saturated carbocycles. The van der Waals surface area contributed by atoms with E-state index in [1.54, 1.807) is 18.3 Å². The summed E-state index contributed by atoms with van der Waals surface area (Å²) < 4.78 is 0. The van der Waals surface area contributed by atoms with E-state index in [0.717, 1.165) is 6.42 Å². The molecular formula is C15H19N3OS. The predicted octanol–water partition coefficient (Wildman–Crippen LogP) is 2.74. The minimum atomic E-state index is 0.0308. The summed E-state index contributed by atoms with van der Waals surface area (Å²) in [5.74, 6) is 0.903. The Morgan fingerprint density at radius 3 is 3.10 bits per heavy atom. The molecule has 1 aromatic rings. The normalized spacial score (nSPS) is 22.0. The van der Waals surface area contributed by atoms with E-state index >= 15 is 0 Å². The Bertz CT molecular complexity index is 512. The van der Waals surface area contributed by atoms with Gasteiger partial charge in [-0.15, -0.1) is 0 Å². The lowest BCUT2D eigenvalue weighted by molar-refractivity contribution is -0.119. The topological polar surface area (TPSA) is 65.8 Å². The first-order valence-corrected chi connectivity index (χ1v) is 7.96. The standard InChI is InChI=1S/C15H19N3OS/c1-11-5-2-3-7-13(11)18-14(19)10-20-15-12(9-16)6-4-8-17-15/h4,6,8,11,13H,2-3,5,7,10H2,1H3,(H,18,19)/t11-,13+/m1/s1. The van der Waals surface area contributed by atoms with Crippen LogP contribution in [0, 0.1) is 17.2 Å². The molecule has 20 heavy (non-hydrogen) atoms. The van der Waals surface area contributed by atoms with Crippen molar-refractivity contribution < 1.29 is 4.79 Å². The maximum atomic E-state index is 12.0. The molecule has 0 aromatic carbocycles. The van der Waals surface area contributed by atoms with Crippen LogP contribution < -0.4 is 5.32 Å². The van der Waals surface area contributed by atoms with Gasteiger partial charge in [-0.05, 0) is 30.9 Å². The summed E-state index contributed by atoms with van der Waals surface area (Å²) in [6.07, 6.45) is 6.37. The number of nitrogens with one attached hydrogen (secondary N) is 1. The van der Waals surface area contributed by atoms with Gasteiger partial charge in [0, 0.05) is 12.2 Å². The molecule has 2 rings (SSSR count). The van der Waals surface area contributed by atoms with Crippen LogP contribution in [0.25, 0.3) is 0 Å². The molecule has 106 valence electrons. The van der Waals surface area contributed by atoms with Crippen LogP contribution in [0.2, 0.25) is 0 Å². The van der Waals surface area contributed by atoms with Crippen LogP contribution in [0.15, 0.2) is 23.4 Å². The zero-order chi connectivity index (χ0) is 14.4. The molecule has 2 atom stereocenters. The molecule has 0 aliphatic heterocycles. The van der Waals surface area contributed by atoms with E-state index in [9.17, 15) is 4.79 Å². The third-order valence-electron chi connectivity index (χ3n) is 3.69. The summed E-state index contributed by atoms with van der Waals surface area (Å²) in [6, 6.07) is 5.84. The quantitative estimate of drug-likeness (QED) is 0.866. The number of nitriles is 1. The summed E-state index contributed by atoms with van der Waals surface area (Å²) in [5.41, 5.74) is 0.524. The highest BCUT2D eigenvalue weighted by Crippen LogP contribution is 2.24. The molecule has 4 nitrogen and oxygen atoms in total. The Morgan fingerprint density at radius 2 is 2.35 bits per heavy atom. The molecular weight excluding hydrogens is 270 g/mol. The first-order valence-electron chi connectivity index (χ1n) is 6.98. The van der Waals surface area contributed by atoms with Gasteiger partial charge in [-0.1, -0.05) is 31.5 Å². The van der Waals surface area contributed by atoms with E-state index < -0.39 is 0 Å². The highest BCUT2D eigenvalue weighted by molar-refractivity contribution is 7.99. The van der Waals surface area contributed by atoms with Gasteiger partial charge in [-0.3, -0.25) is 4.79 Å². The molecule has 0 unspecified atom stereocenters. The van der Waals surface area contributed by atoms with Crippen LogP contribution in [0.4, 0.5) is 0 Å². The van der Waals surface area contributed by atoms with Gasteiger partial charge in [-0.2, -0.15) is 5.26 Å². The summed E-state index contributed by atoms with van der Waals surface area (Å²) >= 11 is 1.32. The molecule has 1 heterocycles. The van der Waals surface area contributed by atoms with Gasteiger partial charge < -0.3 is 5.32 Å². The zero-order valence-electron chi connectivity index (χ0n) is 11.6. The van der Waals surface area contributed by atoms with Crippen LogP contribution in [0.5, 0.6) is 0 Å². The van der Waals surface area contributed by atoms with Crippen molar-refractivity contribution in [1.82, 2.24) is 10.3 Å². The first kappa shape index (κ1) is 14.9. The van der Waals surface area contributed by atoms with E-state index in [0.29, 0.717) is 28.3 Å². The number of aromatic nitrogens is 1. The van der Waals surface area contributed by atoms with Gasteiger partial charge in [0.05, 0.1) is 11.3 Å². The number of thioether (sulfide) groups is 1. The fourth-order valence-electron chi connectivity index (χ4n) is 2.50. The number of carbonyl (C=O) groups excluding carboxylic acids is 1. The minimum absolute atomic E-state index is 0.0308. The molecule has 0 bridgehead atoms. The predicted molar refractivity (Wildman–Crippen MR) is 79.2 cm³/mol. The third-order valence-corrected chi connectivity index (χ3v) is 4.69. The highest BCUT2D eigenvalue weighted by Gasteiger charge is 2.22. The summed E-state index contributed by atoms with van der Waals surface area (Å²) in [7, 11) is 0. The Labute approximate surface area is 124 Å². The van der Waals surface area contributed by atoms with E-state index in [-0.39, 0.29) is 5.91 Å². The van der Waals surface area contributed by atoms with E-state index in [1.165, 1.54) is 31.0 Å². The number of carbonyl (C=O) groups is 1. The largest absolute Gasteiger partial charge is 0.352 e. The van der Waals surface area contributed by atoms with Crippen molar-refractivity contribution in [3.63, 3.8) is 0 Å². The van der Waals surface area contributed by atoms with Gasteiger partial charge in [0.15, 0.2) is 0 Å². The molecule has 1 fully saturated rings. The van der Waals surface area contributed by atoms with Crippen molar-refractivity contribution in [3.8, 4) is 6.07 Å². The van der Waals surface area contributed by atoms with Crippen LogP contribution in [-0.2, 0) is 4.79 Å². The summed E-state index contributed by atoms with van der Waals surface area (Å²) in [5, 5.41) is 12.7. The molecule has 1 N–H and O–H groups in total. The fourth-order valence-corrected chi connectivity index (χ4v) is 3.26. The monoisotopic (exact) mass is 289 g/mol. The lowest BCUT2D eigenvalue weighted by atomic mass is 9.86. The highest BCUT2D eigenvalue weighted by atomic mass is 32.2. The van der Waals surface area contributed by atoms with Gasteiger partial charge in [0.1, 0.15) is 11.1 Å². The Balaban J connectivity index is 1.84. The smallest absolute Gasteiger partial charge is 0.230 e. The lowest BCUT2D eigenvalue weighted by Crippen LogP contribution is -2.41. The Morgan fingerprint density at radius 1 is 1.55 bits per heavy atom. The third kappa shape index (κ3) is 3.97. The molecule has 1 aliphatic rings. The van der Waals surface area contributed by atoms with Gasteiger partial charge in [-0.25, -0.2) is 4.98 Å². The molecule has 0 radical (unpaired) electrons. The number of amides is 1. The summed E-state index contributed by atoms with van der Waals surface area (Å²) in [4.78, 5) is 16.1. The second kappa shape index (κ2) is 7.30. The van der Waals surface area contributed by atoms with Crippen LogP contribution in [0.3, 0.4) is 0 Å². The van der Waals surface area contributed by atoms with Crippen molar-refractivity contribution in [2.24, 2.45) is 5.92 Å². The molecule has 1 aromatic heterocycles. The number of hydrogen-bond donors (Lipinski definition) is 1. The number of rotatable bonds is 4. The number of nitrogens with zero attached hydrogens (tertiary/aromatic N) is 2. The second-order valence-corrected chi connectivity index (χ2v) is 6.16. The van der Waals surface area contributed by atoms with Gasteiger partial charge in [0.25, 0.3) is 0 Å². The average molecular weight is 289 g/mol. The van der Waals surface area contributed by atoms with Crippen molar-refractivity contribution in [2.45, 2.75) is 43.7 Å². The number of hydrogen-bond acceptors (Lipinski definition) is 4. The van der Waals surface area contributed by atoms with Crippen LogP contribution in [0.1, 0.15) is 38.2 Å². The minimum Gasteiger partial charge on any atom is -0.352 e. The number of pyridine rings is 1. The maximum absolute atomic E-state index is 12.0. The van der Waals surface area contributed by atoms with Crippen molar-refractivity contribution in [1.29, 1.82) is 5.26 Å². The lowest BCUT2D eigenvalue weighted by Gasteiger charge is -2.29. The van der Waals surface area contributed by atoms with Crippen molar-refractivity contribution in [2.75, 3.05) is 5.75 Å². The first-order chi connectivity index (χ1) is 9.70. The maximum Gasteiger partial charge on any atom is 0.230 e. The average Bonchev–Trinajstić information content (AvgIpc) is 2.48. The molecule has 0 saturated heterocycles. The Kier molecular flexibility index (Phi) is 5.42. The summed E-state index contributed by atoms with van der Waals surface area (Å²) in [6.45, 7) is 2.20. The van der Waals surface area contributed by atoms with E-state index in [4.69, 9.17) is 5.26 Å². The van der Waals surface area contributed by atoms with Crippen molar-refractivity contribution >= 4 is 17.7 Å². The fraction of sp³-hybridized carbons (Fsp3) is 0.533. The zero-order valence-corrected chi connectivity index (χ0v) is 12.4. The molecule has 1 amide bonds. The SMILES string of the molecule is C[C@@H]1CCCC[C@@H]1NC(=O)CSc1ncccc1C#N. The second-order valence-electron chi connectivity index (χ2n) is 5.19. The van der Waals surface area contributed by atoms with Crippen LogP contribution in [-0.4, -0.2) is 22.7 Å². The molecule has 0 spiro atoms. The van der Waals surface area contributed by atoms with E-state index in [1.807, 2.05) is 0 Å². The Hall–Kier alpha value is -1.54.